The first-order valence-electron chi connectivity index (χ1n) is 17.1. The van der Waals surface area contributed by atoms with Crippen LogP contribution in [0.25, 0.3) is 0 Å². The second-order valence-corrected chi connectivity index (χ2v) is 13.1. The average molecular weight is 659 g/mol. The number of carbonyl (C=O) groups excluding carboxylic acids is 3. The highest BCUT2D eigenvalue weighted by Crippen LogP contribution is 2.64. The summed E-state index contributed by atoms with van der Waals surface area (Å²) in [4.78, 5) is 51.1. The molecule has 1 N–H and O–H groups in total. The molecule has 258 valence electrons. The number of benzene rings is 2. The first-order valence-corrected chi connectivity index (χ1v) is 17.1. The zero-order valence-electron chi connectivity index (χ0n) is 28.9. The summed E-state index contributed by atoms with van der Waals surface area (Å²) >= 11 is 0. The molecule has 10 nitrogen and oxygen atoms in total. The number of rotatable bonds is 15. The maximum atomic E-state index is 14.9. The van der Waals surface area contributed by atoms with Gasteiger partial charge in [0.15, 0.2) is 0 Å². The number of anilines is 3. The Kier molecular flexibility index (Phi) is 10.4. The highest BCUT2D eigenvalue weighted by Gasteiger charge is 2.78. The Labute approximate surface area is 284 Å². The van der Waals surface area contributed by atoms with Gasteiger partial charge >= 0.3 is 0 Å². The highest BCUT2D eigenvalue weighted by atomic mass is 16.5. The minimum atomic E-state index is -1.24. The number of amides is 3. The maximum absolute atomic E-state index is 14.9. The van der Waals surface area contributed by atoms with E-state index >= 15 is 0 Å². The van der Waals surface area contributed by atoms with E-state index in [2.05, 4.69) is 31.9 Å². The fraction of sp³-hybridized carbons (Fsp3) is 0.500. The molecule has 2 unspecified atom stereocenters. The topological polar surface area (TPSA) is 103 Å². The standard InChI is InChI=1S/C38H50N4O6/c1-8-23-40(29-17-19-30(20-18-29)47-12-5)34(44)31-32-35(45)42(26(6)25-43)33(38(32)22-21-37(31,7)48-38)36(46)41(24-9-2)28-15-13-27(14-16-28)39(10-3)11-4/h8-9,13-20,26,31-33,43H,1-2,10-12,21-25H2,3-7H3/t26-,31-,32+,33?,37+,38?/m1/s1. The zero-order chi connectivity index (χ0) is 34.8. The number of hydrogen-bond donors (Lipinski definition) is 1. The van der Waals surface area contributed by atoms with Crippen molar-refractivity contribution in [2.45, 2.75) is 70.7 Å². The molecular formula is C38H50N4O6. The Bertz CT molecular complexity index is 1510. The molecular weight excluding hydrogens is 608 g/mol. The lowest BCUT2D eigenvalue weighted by Crippen LogP contribution is -2.58. The number of nitrogens with zero attached hydrogens (tertiary/aromatic N) is 4. The van der Waals surface area contributed by atoms with Gasteiger partial charge in [0.25, 0.3) is 5.91 Å². The van der Waals surface area contributed by atoms with Gasteiger partial charge in [0, 0.05) is 43.2 Å². The molecule has 3 aliphatic heterocycles. The third kappa shape index (κ3) is 5.79. The molecule has 0 aliphatic carbocycles. The first kappa shape index (κ1) is 35.2. The molecule has 3 amide bonds. The van der Waals surface area contributed by atoms with Crippen molar-refractivity contribution in [3.63, 3.8) is 0 Å². The molecule has 10 heteroatoms. The van der Waals surface area contributed by atoms with Gasteiger partial charge < -0.3 is 34.2 Å². The van der Waals surface area contributed by atoms with Gasteiger partial charge in [-0.3, -0.25) is 14.4 Å². The van der Waals surface area contributed by atoms with Crippen molar-refractivity contribution in [3.8, 4) is 5.75 Å². The van der Waals surface area contributed by atoms with Crippen molar-refractivity contribution in [2.24, 2.45) is 11.8 Å². The predicted octanol–water partition coefficient (Wildman–Crippen LogP) is 4.82. The van der Waals surface area contributed by atoms with Gasteiger partial charge in [-0.1, -0.05) is 12.2 Å². The Balaban J connectivity index is 1.55. The van der Waals surface area contributed by atoms with Crippen LogP contribution in [0.3, 0.4) is 0 Å². The number of aliphatic hydroxyl groups is 1. The number of likely N-dealkylation sites (tertiary alicyclic amines) is 1. The summed E-state index contributed by atoms with van der Waals surface area (Å²) in [7, 11) is 0. The molecule has 0 saturated carbocycles. The van der Waals surface area contributed by atoms with E-state index in [4.69, 9.17) is 9.47 Å². The average Bonchev–Trinajstić information content (AvgIpc) is 3.67. The van der Waals surface area contributed by atoms with Crippen LogP contribution in [0.2, 0.25) is 0 Å². The minimum absolute atomic E-state index is 0.209. The molecule has 3 aliphatic rings. The summed E-state index contributed by atoms with van der Waals surface area (Å²) in [6.45, 7) is 19.8. The lowest BCUT2D eigenvalue weighted by atomic mass is 9.66. The van der Waals surface area contributed by atoms with Gasteiger partial charge in [0.2, 0.25) is 11.8 Å². The summed E-state index contributed by atoms with van der Waals surface area (Å²) in [6, 6.07) is 13.3. The molecule has 3 fully saturated rings. The normalized spacial score (nSPS) is 26.2. The molecule has 1 spiro atoms. The van der Waals surface area contributed by atoms with Crippen molar-refractivity contribution in [1.29, 1.82) is 0 Å². The van der Waals surface area contributed by atoms with E-state index in [1.165, 1.54) is 4.90 Å². The Hall–Kier alpha value is -4.15. The number of ether oxygens (including phenoxy) is 2. The van der Waals surface area contributed by atoms with E-state index in [-0.39, 0.29) is 37.4 Å². The second kappa shape index (κ2) is 14.1. The summed E-state index contributed by atoms with van der Waals surface area (Å²) in [5.74, 6) is -2.00. The highest BCUT2D eigenvalue weighted by molar-refractivity contribution is 6.07. The van der Waals surface area contributed by atoms with E-state index in [0.717, 1.165) is 18.8 Å². The third-order valence-corrected chi connectivity index (χ3v) is 10.4. The van der Waals surface area contributed by atoms with Crippen LogP contribution in [0.15, 0.2) is 73.8 Å². The molecule has 2 aromatic carbocycles. The van der Waals surface area contributed by atoms with E-state index in [0.29, 0.717) is 36.6 Å². The SMILES string of the molecule is C=CCN(C(=O)C1N([C@H](C)CO)C(=O)[C@@H]2[C@H](C(=O)N(CC=C)c3ccc(OCC)cc3)[C@]3(C)CCC12O3)c1ccc(N(CC)CC)cc1. The molecule has 0 aromatic heterocycles. The number of hydrogen-bond acceptors (Lipinski definition) is 7. The minimum Gasteiger partial charge on any atom is -0.494 e. The summed E-state index contributed by atoms with van der Waals surface area (Å²) in [6.07, 6.45) is 4.25. The Morgan fingerprint density at radius 2 is 1.50 bits per heavy atom. The van der Waals surface area contributed by atoms with E-state index in [9.17, 15) is 19.5 Å². The van der Waals surface area contributed by atoms with E-state index in [1.54, 1.807) is 28.9 Å². The zero-order valence-corrected chi connectivity index (χ0v) is 28.9. The van der Waals surface area contributed by atoms with Crippen LogP contribution >= 0.6 is 0 Å². The number of fused-ring (bicyclic) bond motifs is 1. The lowest BCUT2D eigenvalue weighted by Gasteiger charge is -2.38. The fourth-order valence-corrected chi connectivity index (χ4v) is 8.12. The van der Waals surface area contributed by atoms with Crippen LogP contribution in [0.4, 0.5) is 17.1 Å². The van der Waals surface area contributed by atoms with Gasteiger partial charge in [0.1, 0.15) is 17.4 Å². The van der Waals surface area contributed by atoms with Crippen LogP contribution in [-0.4, -0.2) is 90.4 Å². The molecule has 3 saturated heterocycles. The smallest absolute Gasteiger partial charge is 0.253 e. The Morgan fingerprint density at radius 1 is 0.958 bits per heavy atom. The van der Waals surface area contributed by atoms with Crippen LogP contribution < -0.4 is 19.4 Å². The summed E-state index contributed by atoms with van der Waals surface area (Å²) in [5.41, 5.74) is 0.144. The lowest BCUT2D eigenvalue weighted by molar-refractivity contribution is -0.147. The number of aliphatic hydroxyl groups excluding tert-OH is 1. The van der Waals surface area contributed by atoms with Crippen LogP contribution in [-0.2, 0) is 19.1 Å². The molecule has 2 bridgehead atoms. The van der Waals surface area contributed by atoms with Crippen molar-refractivity contribution in [2.75, 3.05) is 54.1 Å². The first-order chi connectivity index (χ1) is 23.0. The van der Waals surface area contributed by atoms with Gasteiger partial charge in [-0.2, -0.15) is 0 Å². The molecule has 6 atom stereocenters. The largest absolute Gasteiger partial charge is 0.494 e. The van der Waals surface area contributed by atoms with E-state index < -0.39 is 35.1 Å². The second-order valence-electron chi connectivity index (χ2n) is 13.1. The number of carbonyl (C=O) groups is 3. The van der Waals surface area contributed by atoms with Gasteiger partial charge in [-0.15, -0.1) is 13.2 Å². The van der Waals surface area contributed by atoms with Gasteiger partial charge in [-0.05, 0) is 96.0 Å². The van der Waals surface area contributed by atoms with E-state index in [1.807, 2.05) is 62.4 Å². The van der Waals surface area contributed by atoms with Crippen LogP contribution in [0, 0.1) is 11.8 Å². The van der Waals surface area contributed by atoms with Gasteiger partial charge in [-0.25, -0.2) is 0 Å². The van der Waals surface area contributed by atoms with Gasteiger partial charge in [0.05, 0.1) is 36.7 Å². The molecule has 3 heterocycles. The van der Waals surface area contributed by atoms with Crippen molar-refractivity contribution < 1.29 is 29.0 Å². The van der Waals surface area contributed by atoms with Crippen molar-refractivity contribution in [3.05, 3.63) is 73.8 Å². The maximum Gasteiger partial charge on any atom is 0.253 e. The monoisotopic (exact) mass is 658 g/mol. The third-order valence-electron chi connectivity index (χ3n) is 10.4. The molecule has 48 heavy (non-hydrogen) atoms. The summed E-state index contributed by atoms with van der Waals surface area (Å²) < 4.78 is 12.5. The van der Waals surface area contributed by atoms with Crippen LogP contribution in [0.1, 0.15) is 47.5 Å². The van der Waals surface area contributed by atoms with Crippen molar-refractivity contribution in [1.82, 2.24) is 4.90 Å². The summed E-state index contributed by atoms with van der Waals surface area (Å²) in [5, 5.41) is 10.3. The Morgan fingerprint density at radius 3 is 2.02 bits per heavy atom. The molecule has 0 radical (unpaired) electrons. The fourth-order valence-electron chi connectivity index (χ4n) is 8.12. The molecule has 2 aromatic rings. The predicted molar refractivity (Wildman–Crippen MR) is 188 cm³/mol. The molecule has 5 rings (SSSR count). The van der Waals surface area contributed by atoms with Crippen molar-refractivity contribution >= 4 is 34.8 Å². The quantitative estimate of drug-likeness (QED) is 0.274. The van der Waals surface area contributed by atoms with Crippen LogP contribution in [0.5, 0.6) is 5.75 Å².